The van der Waals surface area contributed by atoms with Gasteiger partial charge < -0.3 is 19.3 Å². The van der Waals surface area contributed by atoms with Crippen molar-refractivity contribution in [1.29, 1.82) is 0 Å². The molecular formula is C23H34ClN3O4. The zero-order valence-electron chi connectivity index (χ0n) is 19.2. The zero-order chi connectivity index (χ0) is 22.8. The van der Waals surface area contributed by atoms with Crippen LogP contribution in [0.15, 0.2) is 18.2 Å². The Hall–Kier alpha value is -1.99. The molecular weight excluding hydrogens is 418 g/mol. The average molecular weight is 452 g/mol. The number of piperidine rings is 1. The predicted octanol–water partition coefficient (Wildman–Crippen LogP) is 3.89. The molecule has 1 atom stereocenters. The van der Waals surface area contributed by atoms with Crippen molar-refractivity contribution in [3.05, 3.63) is 28.8 Å². The Morgan fingerprint density at radius 1 is 1.10 bits per heavy atom. The molecule has 2 heterocycles. The van der Waals surface area contributed by atoms with Gasteiger partial charge in [0.25, 0.3) is 5.91 Å². The second kappa shape index (κ2) is 9.65. The van der Waals surface area contributed by atoms with Crippen LogP contribution in [0.5, 0.6) is 5.75 Å². The van der Waals surface area contributed by atoms with Crippen molar-refractivity contribution in [2.75, 3.05) is 40.3 Å². The lowest BCUT2D eigenvalue weighted by atomic mass is 10.0. The number of carbonyl (C=O) groups excluding carboxylic acids is 2. The number of hydrogen-bond acceptors (Lipinski definition) is 5. The van der Waals surface area contributed by atoms with Gasteiger partial charge >= 0.3 is 6.09 Å². The lowest BCUT2D eigenvalue weighted by Gasteiger charge is -2.37. The van der Waals surface area contributed by atoms with Crippen molar-refractivity contribution in [3.8, 4) is 5.75 Å². The molecule has 0 unspecified atom stereocenters. The molecule has 0 radical (unpaired) electrons. The number of halogens is 1. The van der Waals surface area contributed by atoms with Crippen LogP contribution in [0.4, 0.5) is 4.79 Å². The molecule has 172 valence electrons. The van der Waals surface area contributed by atoms with Gasteiger partial charge in [-0.3, -0.25) is 9.69 Å². The molecule has 0 N–H and O–H groups in total. The number of hydrogen-bond donors (Lipinski definition) is 0. The van der Waals surface area contributed by atoms with E-state index in [4.69, 9.17) is 21.1 Å². The molecule has 2 saturated heterocycles. The maximum atomic E-state index is 12.3. The van der Waals surface area contributed by atoms with E-state index in [1.807, 2.05) is 31.7 Å². The lowest BCUT2D eigenvalue weighted by Crippen LogP contribution is -2.47. The minimum absolute atomic E-state index is 0.0929. The van der Waals surface area contributed by atoms with Crippen LogP contribution in [0.2, 0.25) is 5.02 Å². The molecule has 0 bridgehead atoms. The van der Waals surface area contributed by atoms with E-state index in [0.717, 1.165) is 45.4 Å². The first-order chi connectivity index (χ1) is 14.5. The maximum Gasteiger partial charge on any atom is 0.410 e. The number of carbonyl (C=O) groups is 2. The summed E-state index contributed by atoms with van der Waals surface area (Å²) in [6, 6.07) is 5.71. The first kappa shape index (κ1) is 23.7. The van der Waals surface area contributed by atoms with E-state index in [1.54, 1.807) is 26.2 Å². The van der Waals surface area contributed by atoms with Crippen LogP contribution in [0.25, 0.3) is 0 Å². The predicted molar refractivity (Wildman–Crippen MR) is 121 cm³/mol. The van der Waals surface area contributed by atoms with Crippen LogP contribution in [-0.4, -0.2) is 84.7 Å². The Labute approximate surface area is 190 Å². The Balaban J connectivity index is 1.49. The number of likely N-dealkylation sites (tertiary alicyclic amines) is 2. The Kier molecular flexibility index (Phi) is 7.37. The summed E-state index contributed by atoms with van der Waals surface area (Å²) in [6.07, 6.45) is 2.71. The van der Waals surface area contributed by atoms with Crippen molar-refractivity contribution in [3.63, 3.8) is 0 Å². The molecule has 1 aromatic rings. The summed E-state index contributed by atoms with van der Waals surface area (Å²) >= 11 is 6.30. The third kappa shape index (κ3) is 6.26. The number of amides is 2. The molecule has 7 nitrogen and oxygen atoms in total. The van der Waals surface area contributed by atoms with Gasteiger partial charge in [-0.2, -0.15) is 0 Å². The Morgan fingerprint density at radius 2 is 1.77 bits per heavy atom. The number of nitrogens with zero attached hydrogens (tertiary/aromatic N) is 3. The molecule has 0 saturated carbocycles. The molecule has 1 aromatic carbocycles. The van der Waals surface area contributed by atoms with Crippen molar-refractivity contribution in [1.82, 2.24) is 14.7 Å². The molecule has 2 aliphatic heterocycles. The topological polar surface area (TPSA) is 62.3 Å². The normalized spacial score (nSPS) is 20.6. The fourth-order valence-corrected chi connectivity index (χ4v) is 4.35. The van der Waals surface area contributed by atoms with Gasteiger partial charge in [-0.05, 0) is 58.2 Å². The highest BCUT2D eigenvalue weighted by atomic mass is 35.5. The van der Waals surface area contributed by atoms with Gasteiger partial charge in [-0.15, -0.1) is 0 Å². The molecule has 0 aliphatic carbocycles. The summed E-state index contributed by atoms with van der Waals surface area (Å²) in [6.45, 7) is 8.95. The zero-order valence-corrected chi connectivity index (χ0v) is 19.9. The third-order valence-electron chi connectivity index (χ3n) is 5.69. The van der Waals surface area contributed by atoms with E-state index in [2.05, 4.69) is 4.90 Å². The molecule has 0 spiro atoms. The minimum Gasteiger partial charge on any atom is -0.489 e. The summed E-state index contributed by atoms with van der Waals surface area (Å²) in [5, 5.41) is 0.403. The Bertz CT molecular complexity index is 801. The van der Waals surface area contributed by atoms with Gasteiger partial charge in [-0.25, -0.2) is 4.79 Å². The number of ether oxygens (including phenoxy) is 2. The average Bonchev–Trinajstić information content (AvgIpc) is 3.15. The van der Waals surface area contributed by atoms with Crippen LogP contribution in [-0.2, 0) is 4.74 Å². The Morgan fingerprint density at radius 3 is 2.35 bits per heavy atom. The van der Waals surface area contributed by atoms with Crippen molar-refractivity contribution < 1.29 is 19.1 Å². The maximum absolute atomic E-state index is 12.3. The first-order valence-electron chi connectivity index (χ1n) is 10.9. The van der Waals surface area contributed by atoms with E-state index in [-0.39, 0.29) is 18.1 Å². The van der Waals surface area contributed by atoms with Crippen molar-refractivity contribution >= 4 is 23.6 Å². The summed E-state index contributed by atoms with van der Waals surface area (Å²) in [7, 11) is 3.41. The lowest BCUT2D eigenvalue weighted by molar-refractivity contribution is 0.0150. The van der Waals surface area contributed by atoms with Gasteiger partial charge in [0.15, 0.2) is 0 Å². The largest absolute Gasteiger partial charge is 0.489 e. The van der Waals surface area contributed by atoms with Crippen LogP contribution in [0, 0.1) is 0 Å². The fourth-order valence-electron chi connectivity index (χ4n) is 4.10. The summed E-state index contributed by atoms with van der Waals surface area (Å²) in [4.78, 5) is 30.2. The van der Waals surface area contributed by atoms with Gasteiger partial charge in [-0.1, -0.05) is 11.6 Å². The smallest absolute Gasteiger partial charge is 0.410 e. The van der Waals surface area contributed by atoms with E-state index in [1.165, 1.54) is 4.90 Å². The number of benzene rings is 1. The molecule has 3 rings (SSSR count). The van der Waals surface area contributed by atoms with Gasteiger partial charge in [0.05, 0.1) is 10.6 Å². The second-order valence-electron chi connectivity index (χ2n) is 9.56. The van der Waals surface area contributed by atoms with E-state index in [9.17, 15) is 9.59 Å². The highest BCUT2D eigenvalue weighted by molar-refractivity contribution is 6.34. The fraction of sp³-hybridized carbons (Fsp3) is 0.652. The van der Waals surface area contributed by atoms with Crippen LogP contribution >= 0.6 is 11.6 Å². The van der Waals surface area contributed by atoms with E-state index in [0.29, 0.717) is 22.4 Å². The number of rotatable bonds is 4. The molecule has 31 heavy (non-hydrogen) atoms. The van der Waals surface area contributed by atoms with Gasteiger partial charge in [0, 0.05) is 46.3 Å². The standard InChI is InChI=1S/C23H34ClN3O4/c1-23(2,3)31-22(29)26-11-8-16(9-12-26)27-13-10-18(15-27)30-17-6-7-19(20(24)14-17)21(28)25(4)5/h6-7,14,16,18H,8-13,15H2,1-5H3/t18-/m1/s1. The van der Waals surface area contributed by atoms with Gasteiger partial charge in [0.1, 0.15) is 17.5 Å². The van der Waals surface area contributed by atoms with Crippen molar-refractivity contribution in [2.45, 2.75) is 57.8 Å². The molecule has 2 aliphatic rings. The van der Waals surface area contributed by atoms with Gasteiger partial charge in [0.2, 0.25) is 0 Å². The minimum atomic E-state index is -0.464. The summed E-state index contributed by atoms with van der Waals surface area (Å²) in [5.74, 6) is 0.563. The highest BCUT2D eigenvalue weighted by Gasteiger charge is 2.33. The summed E-state index contributed by atoms with van der Waals surface area (Å²) in [5.41, 5.74) is 0.0118. The third-order valence-corrected chi connectivity index (χ3v) is 6.00. The van der Waals surface area contributed by atoms with Crippen LogP contribution in [0.1, 0.15) is 50.4 Å². The monoisotopic (exact) mass is 451 g/mol. The quantitative estimate of drug-likeness (QED) is 0.694. The van der Waals surface area contributed by atoms with Crippen LogP contribution < -0.4 is 4.74 Å². The molecule has 0 aromatic heterocycles. The molecule has 2 fully saturated rings. The van der Waals surface area contributed by atoms with Crippen LogP contribution in [0.3, 0.4) is 0 Å². The van der Waals surface area contributed by atoms with E-state index >= 15 is 0 Å². The molecule has 2 amide bonds. The van der Waals surface area contributed by atoms with E-state index < -0.39 is 5.60 Å². The highest BCUT2D eigenvalue weighted by Crippen LogP contribution is 2.28. The second-order valence-corrected chi connectivity index (χ2v) is 9.97. The molecule has 8 heteroatoms. The SMILES string of the molecule is CN(C)C(=O)c1ccc(O[C@@H]2CCN(C3CCN(C(=O)OC(C)(C)C)CC3)C2)cc1Cl. The summed E-state index contributed by atoms with van der Waals surface area (Å²) < 4.78 is 11.6. The first-order valence-corrected chi connectivity index (χ1v) is 11.3. The van der Waals surface area contributed by atoms with Crippen molar-refractivity contribution in [2.24, 2.45) is 0 Å².